The summed E-state index contributed by atoms with van der Waals surface area (Å²) >= 11 is 1.68. The van der Waals surface area contributed by atoms with Crippen molar-refractivity contribution in [1.82, 2.24) is 10.2 Å². The fraction of sp³-hybridized carbons (Fsp3) is 0.667. The van der Waals surface area contributed by atoms with E-state index in [0.717, 1.165) is 25.0 Å². The highest BCUT2D eigenvalue weighted by atomic mass is 32.2. The number of carbonyl (C=O) groups excluding carboxylic acids is 3. The molecule has 1 aromatic carbocycles. The summed E-state index contributed by atoms with van der Waals surface area (Å²) in [5, 5.41) is 15.2. The summed E-state index contributed by atoms with van der Waals surface area (Å²) in [7, 11) is 0. The lowest BCUT2D eigenvalue weighted by Gasteiger charge is -2.35. The Morgan fingerprint density at radius 3 is 2.53 bits per heavy atom. The van der Waals surface area contributed by atoms with Crippen LogP contribution in [0.5, 0.6) is 5.75 Å². The number of aliphatic hydroxyl groups is 1. The molecule has 1 aromatic rings. The molecule has 3 N–H and O–H groups in total. The monoisotopic (exact) mass is 517 g/mol. The van der Waals surface area contributed by atoms with E-state index >= 15 is 0 Å². The standard InChI is InChI=1S/C27H39N3O5S/c1-5-35-19-11-9-18(10-12-19)29-23(32)20-21-25(34)30(15-7-6-8-16-31)22(24(33)28-17(2)3)27(21)14-13-26(20,4)36-27/h9-12,17,20-22,31H,5-8,13-16H2,1-4H3,(H,28,33)(H,29,32)/t20-,21-,22?,26+,27?/m0/s1. The number of nitrogens with zero attached hydrogens (tertiary/aromatic N) is 1. The van der Waals surface area contributed by atoms with E-state index in [9.17, 15) is 14.4 Å². The van der Waals surface area contributed by atoms with E-state index in [1.165, 1.54) is 0 Å². The van der Waals surface area contributed by atoms with Gasteiger partial charge in [0.2, 0.25) is 17.7 Å². The molecule has 2 bridgehead atoms. The number of thioether (sulfide) groups is 1. The SMILES string of the molecule is CCOc1ccc(NC(=O)[C@@H]2[C@H]3C(=O)N(CCCCCO)C(C(=O)NC(C)C)C34CC[C@@]2(C)S4)cc1. The molecule has 3 aliphatic rings. The second-order valence-corrected chi connectivity index (χ2v) is 12.6. The van der Waals surface area contributed by atoms with Crippen molar-refractivity contribution in [1.29, 1.82) is 0 Å². The minimum atomic E-state index is -0.609. The predicted octanol–water partition coefficient (Wildman–Crippen LogP) is 3.19. The fourth-order valence-electron chi connectivity index (χ4n) is 6.32. The number of hydrogen-bond acceptors (Lipinski definition) is 6. The van der Waals surface area contributed by atoms with Crippen molar-refractivity contribution >= 4 is 35.2 Å². The Kier molecular flexibility index (Phi) is 7.90. The Bertz CT molecular complexity index is 986. The van der Waals surface area contributed by atoms with Gasteiger partial charge in [0.1, 0.15) is 11.8 Å². The first-order chi connectivity index (χ1) is 17.2. The molecule has 0 saturated carbocycles. The largest absolute Gasteiger partial charge is 0.494 e. The highest BCUT2D eigenvalue weighted by molar-refractivity contribution is 8.02. The van der Waals surface area contributed by atoms with Crippen LogP contribution in [0.25, 0.3) is 0 Å². The topological polar surface area (TPSA) is 108 Å². The maximum atomic E-state index is 13.9. The zero-order valence-electron chi connectivity index (χ0n) is 21.7. The third-order valence-electron chi connectivity index (χ3n) is 7.73. The molecule has 3 saturated heterocycles. The van der Waals surface area contributed by atoms with E-state index < -0.39 is 27.4 Å². The van der Waals surface area contributed by atoms with Gasteiger partial charge in [-0.3, -0.25) is 14.4 Å². The normalized spacial score (nSPS) is 30.6. The van der Waals surface area contributed by atoms with Gasteiger partial charge in [0.05, 0.1) is 23.2 Å². The number of nitrogens with one attached hydrogen (secondary N) is 2. The van der Waals surface area contributed by atoms with Gasteiger partial charge in [-0.15, -0.1) is 11.8 Å². The third kappa shape index (κ3) is 4.72. The number of carbonyl (C=O) groups is 3. The van der Waals surface area contributed by atoms with Crippen molar-refractivity contribution in [3.63, 3.8) is 0 Å². The van der Waals surface area contributed by atoms with E-state index in [4.69, 9.17) is 9.84 Å². The molecule has 5 atom stereocenters. The van der Waals surface area contributed by atoms with Crippen LogP contribution < -0.4 is 15.4 Å². The van der Waals surface area contributed by atoms with Gasteiger partial charge in [-0.25, -0.2) is 0 Å². The molecular formula is C27H39N3O5S. The van der Waals surface area contributed by atoms with Crippen LogP contribution in [0.1, 0.15) is 59.8 Å². The van der Waals surface area contributed by atoms with Gasteiger partial charge in [-0.1, -0.05) is 0 Å². The summed E-state index contributed by atoms with van der Waals surface area (Å²) in [5.41, 5.74) is 0.661. The molecule has 8 nitrogen and oxygen atoms in total. The molecule has 198 valence electrons. The first-order valence-electron chi connectivity index (χ1n) is 13.1. The maximum absolute atomic E-state index is 13.9. The Hall–Kier alpha value is -2.26. The highest BCUT2D eigenvalue weighted by Gasteiger charge is 2.77. The average Bonchev–Trinajstić information content (AvgIpc) is 3.38. The van der Waals surface area contributed by atoms with Gasteiger partial charge in [0, 0.05) is 29.6 Å². The summed E-state index contributed by atoms with van der Waals surface area (Å²) in [4.78, 5) is 42.9. The van der Waals surface area contributed by atoms with Crippen molar-refractivity contribution in [2.24, 2.45) is 11.8 Å². The lowest BCUT2D eigenvalue weighted by Crippen LogP contribution is -2.54. The molecule has 1 spiro atoms. The Labute approximate surface area is 217 Å². The minimum Gasteiger partial charge on any atom is -0.494 e. The van der Waals surface area contributed by atoms with Crippen molar-refractivity contribution in [3.05, 3.63) is 24.3 Å². The molecule has 0 radical (unpaired) electrons. The highest BCUT2D eigenvalue weighted by Crippen LogP contribution is 2.71. The molecule has 0 aromatic heterocycles. The maximum Gasteiger partial charge on any atom is 0.244 e. The van der Waals surface area contributed by atoms with Crippen molar-refractivity contribution in [2.75, 3.05) is 25.1 Å². The first-order valence-corrected chi connectivity index (χ1v) is 13.9. The smallest absolute Gasteiger partial charge is 0.244 e. The van der Waals surface area contributed by atoms with E-state index in [2.05, 4.69) is 17.6 Å². The van der Waals surface area contributed by atoms with E-state index in [1.807, 2.05) is 45.0 Å². The fourth-order valence-corrected chi connectivity index (χ4v) is 8.68. The Balaban J connectivity index is 1.61. The summed E-state index contributed by atoms with van der Waals surface area (Å²) in [6.45, 7) is 8.96. The molecule has 36 heavy (non-hydrogen) atoms. The second kappa shape index (κ2) is 10.6. The van der Waals surface area contributed by atoms with Crippen molar-refractivity contribution < 1.29 is 24.2 Å². The van der Waals surface area contributed by atoms with Crippen LogP contribution in [0.4, 0.5) is 5.69 Å². The van der Waals surface area contributed by atoms with Crippen molar-refractivity contribution in [2.45, 2.75) is 81.4 Å². The van der Waals surface area contributed by atoms with Crippen LogP contribution in [0.15, 0.2) is 24.3 Å². The lowest BCUT2D eigenvalue weighted by atomic mass is 9.66. The molecule has 3 aliphatic heterocycles. The van der Waals surface area contributed by atoms with Crippen LogP contribution in [-0.4, -0.2) is 69.1 Å². The van der Waals surface area contributed by atoms with Gasteiger partial charge in [0.15, 0.2) is 0 Å². The molecular weight excluding hydrogens is 478 g/mol. The molecule has 2 unspecified atom stereocenters. The molecule has 3 amide bonds. The number of unbranched alkanes of at least 4 members (excludes halogenated alkanes) is 2. The summed E-state index contributed by atoms with van der Waals surface area (Å²) in [5.74, 6) is -0.715. The number of hydrogen-bond donors (Lipinski definition) is 3. The first kappa shape index (κ1) is 26.8. The summed E-state index contributed by atoms with van der Waals surface area (Å²) in [6.07, 6.45) is 3.68. The zero-order chi connectivity index (χ0) is 26.1. The number of likely N-dealkylation sites (tertiary alicyclic amines) is 1. The summed E-state index contributed by atoms with van der Waals surface area (Å²) < 4.78 is 4.48. The lowest BCUT2D eigenvalue weighted by molar-refractivity contribution is -0.139. The van der Waals surface area contributed by atoms with E-state index in [-0.39, 0.29) is 30.4 Å². The number of aliphatic hydroxyl groups excluding tert-OH is 1. The number of rotatable bonds is 11. The van der Waals surface area contributed by atoms with Gasteiger partial charge in [-0.05, 0) is 84.1 Å². The van der Waals surface area contributed by atoms with Gasteiger partial charge in [-0.2, -0.15) is 0 Å². The molecule has 3 heterocycles. The zero-order valence-corrected chi connectivity index (χ0v) is 22.5. The number of benzene rings is 1. The third-order valence-corrected chi connectivity index (χ3v) is 9.71. The molecule has 0 aliphatic carbocycles. The van der Waals surface area contributed by atoms with Crippen LogP contribution in [-0.2, 0) is 14.4 Å². The van der Waals surface area contributed by atoms with E-state index in [1.54, 1.807) is 16.7 Å². The average molecular weight is 518 g/mol. The number of anilines is 1. The van der Waals surface area contributed by atoms with Crippen LogP contribution in [0.2, 0.25) is 0 Å². The van der Waals surface area contributed by atoms with Crippen LogP contribution in [0.3, 0.4) is 0 Å². The summed E-state index contributed by atoms with van der Waals surface area (Å²) in [6, 6.07) is 6.62. The quantitative estimate of drug-likeness (QED) is 0.389. The molecule has 4 rings (SSSR count). The molecule has 9 heteroatoms. The number of fused-ring (bicyclic) bond motifs is 1. The van der Waals surface area contributed by atoms with Crippen LogP contribution >= 0.6 is 11.8 Å². The predicted molar refractivity (Wildman–Crippen MR) is 141 cm³/mol. The van der Waals surface area contributed by atoms with E-state index in [0.29, 0.717) is 31.7 Å². The van der Waals surface area contributed by atoms with Crippen LogP contribution in [0, 0.1) is 11.8 Å². The van der Waals surface area contributed by atoms with Crippen molar-refractivity contribution in [3.8, 4) is 5.75 Å². The van der Waals surface area contributed by atoms with Gasteiger partial charge < -0.3 is 25.4 Å². The Morgan fingerprint density at radius 2 is 1.89 bits per heavy atom. The second-order valence-electron chi connectivity index (χ2n) is 10.7. The van der Waals surface area contributed by atoms with Gasteiger partial charge in [0.25, 0.3) is 0 Å². The Morgan fingerprint density at radius 1 is 1.17 bits per heavy atom. The molecule has 3 fully saturated rings. The minimum absolute atomic E-state index is 0.0442. The number of amides is 3. The van der Waals surface area contributed by atoms with Gasteiger partial charge >= 0.3 is 0 Å². The number of ether oxygens (including phenoxy) is 1.